The Kier molecular flexibility index (Phi) is 3.01. The molecule has 1 fully saturated rings. The van der Waals surface area contributed by atoms with Gasteiger partial charge in [0.05, 0.1) is 12.4 Å². The SMILES string of the molecule is [2H]C1=C2c3cc4c(cc3C(=O)N(N(C)C(=O)NC)[C@@]2([2H])[C@]2([2H])OC(C)(C)O[C@]2([2H])[C@@]1([2H])O)OCO4. The molecule has 0 saturated carbocycles. The van der Waals surface area contributed by atoms with Gasteiger partial charge in [0, 0.05) is 14.1 Å². The van der Waals surface area contributed by atoms with Crippen LogP contribution in [0.25, 0.3) is 5.57 Å². The topological polar surface area (TPSA) is 110 Å². The number of hydrogen-bond acceptors (Lipinski definition) is 7. The summed E-state index contributed by atoms with van der Waals surface area (Å²) in [5, 5.41) is 14.8. The molecule has 1 aliphatic carbocycles. The fraction of sp³-hybridized carbons (Fsp3) is 0.500. The minimum atomic E-state index is -3.21. The molecule has 1 saturated heterocycles. The van der Waals surface area contributed by atoms with E-state index in [4.69, 9.17) is 23.1 Å². The van der Waals surface area contributed by atoms with Crippen LogP contribution in [0.5, 0.6) is 11.5 Å². The van der Waals surface area contributed by atoms with Crippen LogP contribution in [-0.4, -0.2) is 78.0 Å². The number of nitrogens with one attached hydrogen (secondary N) is 1. The van der Waals surface area contributed by atoms with Gasteiger partial charge >= 0.3 is 6.03 Å². The van der Waals surface area contributed by atoms with Gasteiger partial charge in [0.15, 0.2) is 17.3 Å². The average Bonchev–Trinajstić information content (AvgIpc) is 3.30. The predicted octanol–water partition coefficient (Wildman–Crippen LogP) is 0.704. The van der Waals surface area contributed by atoms with Crippen molar-refractivity contribution in [1.82, 2.24) is 15.3 Å². The molecule has 1 aromatic rings. The summed E-state index contributed by atoms with van der Waals surface area (Å²) in [7, 11) is 2.44. The standard InChI is InChI=1S/C20H23N3O7/c1-20(2)29-16-12(24)5-10-9-6-13-14(28-8-27-13)7-11(9)18(25)23(15(10)17(16)30-20)22(4)19(26)21-3/h5-7,12,15-17,24H,8H2,1-4H3,(H,21,26)/t12-,15+,16+,17-/m0/s1/i5D,12D,15D,16D,17D. The van der Waals surface area contributed by atoms with Crippen LogP contribution in [0.1, 0.15) is 36.6 Å². The minimum Gasteiger partial charge on any atom is -0.454 e. The van der Waals surface area contributed by atoms with E-state index >= 15 is 0 Å². The number of amides is 3. The number of hydrazine groups is 1. The lowest BCUT2D eigenvalue weighted by Crippen LogP contribution is -2.64. The molecule has 3 heterocycles. The smallest absolute Gasteiger partial charge is 0.335 e. The first kappa shape index (κ1) is 14.2. The highest BCUT2D eigenvalue weighted by molar-refractivity contribution is 6.05. The van der Waals surface area contributed by atoms with E-state index in [1.165, 1.54) is 33.0 Å². The van der Waals surface area contributed by atoms with E-state index in [0.29, 0.717) is 5.01 Å². The number of rotatable bonds is 1. The first-order valence-electron chi connectivity index (χ1n) is 11.7. The maximum Gasteiger partial charge on any atom is 0.335 e. The molecular weight excluding hydrogens is 394 g/mol. The zero-order valence-electron chi connectivity index (χ0n) is 21.7. The Hall–Kier alpha value is -2.82. The highest BCUT2D eigenvalue weighted by atomic mass is 16.8. The summed E-state index contributed by atoms with van der Waals surface area (Å²) in [5.74, 6) is -2.36. The molecule has 0 spiro atoms. The van der Waals surface area contributed by atoms with Crippen molar-refractivity contribution in [2.45, 2.75) is 43.9 Å². The number of carbonyl (C=O) groups excluding carboxylic acids is 2. The molecule has 30 heavy (non-hydrogen) atoms. The molecule has 0 bridgehead atoms. The lowest BCUT2D eigenvalue weighted by Gasteiger charge is -2.47. The lowest BCUT2D eigenvalue weighted by molar-refractivity contribution is -0.155. The second-order valence-electron chi connectivity index (χ2n) is 7.41. The summed E-state index contributed by atoms with van der Waals surface area (Å²) >= 11 is 0. The van der Waals surface area contributed by atoms with Crippen molar-refractivity contribution in [3.05, 3.63) is 29.3 Å². The van der Waals surface area contributed by atoms with E-state index < -0.39 is 53.6 Å². The number of hydrogen-bond donors (Lipinski definition) is 2. The van der Waals surface area contributed by atoms with Crippen LogP contribution >= 0.6 is 0 Å². The number of aliphatic hydroxyl groups is 1. The van der Waals surface area contributed by atoms with E-state index in [0.717, 1.165) is 12.1 Å². The van der Waals surface area contributed by atoms with Crippen molar-refractivity contribution < 1.29 is 40.5 Å². The van der Waals surface area contributed by atoms with Gasteiger partial charge in [-0.05, 0) is 43.2 Å². The van der Waals surface area contributed by atoms with Gasteiger partial charge < -0.3 is 29.4 Å². The maximum absolute atomic E-state index is 13.9. The number of nitrogens with zero attached hydrogens (tertiary/aromatic N) is 2. The van der Waals surface area contributed by atoms with Crippen molar-refractivity contribution in [3.63, 3.8) is 0 Å². The first-order valence-corrected chi connectivity index (χ1v) is 9.16. The Balaban J connectivity index is 1.92. The number of benzene rings is 1. The first-order chi connectivity index (χ1) is 16.1. The van der Waals surface area contributed by atoms with Gasteiger partial charge in [-0.1, -0.05) is 0 Å². The van der Waals surface area contributed by atoms with E-state index in [9.17, 15) is 17.4 Å². The van der Waals surface area contributed by atoms with Gasteiger partial charge in [-0.2, -0.15) is 0 Å². The van der Waals surface area contributed by atoms with Crippen LogP contribution in [0, 0.1) is 0 Å². The average molecular weight is 422 g/mol. The van der Waals surface area contributed by atoms with Gasteiger partial charge in [0.25, 0.3) is 5.91 Å². The summed E-state index contributed by atoms with van der Waals surface area (Å²) in [6.07, 6.45) is -9.32. The predicted molar refractivity (Wildman–Crippen MR) is 103 cm³/mol. The van der Waals surface area contributed by atoms with E-state index in [-0.39, 0.29) is 29.4 Å². The fourth-order valence-electron chi connectivity index (χ4n) is 3.74. The Bertz CT molecular complexity index is 1230. The van der Waals surface area contributed by atoms with Crippen LogP contribution in [0.4, 0.5) is 4.79 Å². The van der Waals surface area contributed by atoms with Crippen molar-refractivity contribution in [3.8, 4) is 11.5 Å². The Morgan fingerprint density at radius 3 is 2.60 bits per heavy atom. The minimum absolute atomic E-state index is 0.103. The van der Waals surface area contributed by atoms with Crippen molar-refractivity contribution in [2.24, 2.45) is 0 Å². The third-order valence-corrected chi connectivity index (χ3v) is 5.04. The Morgan fingerprint density at radius 2 is 1.93 bits per heavy atom. The van der Waals surface area contributed by atoms with Gasteiger partial charge in [0.1, 0.15) is 24.3 Å². The molecule has 0 unspecified atom stereocenters. The number of urea groups is 1. The zero-order valence-corrected chi connectivity index (χ0v) is 16.7. The summed E-state index contributed by atoms with van der Waals surface area (Å²) in [6.45, 7) is 2.47. The van der Waals surface area contributed by atoms with E-state index in [1.54, 1.807) is 0 Å². The second kappa shape index (κ2) is 6.34. The van der Waals surface area contributed by atoms with Gasteiger partial charge in [-0.25, -0.2) is 14.8 Å². The molecule has 0 radical (unpaired) electrons. The van der Waals surface area contributed by atoms with Gasteiger partial charge in [-0.3, -0.25) is 4.79 Å². The second-order valence-corrected chi connectivity index (χ2v) is 7.41. The summed E-state index contributed by atoms with van der Waals surface area (Å²) in [6, 6.07) is -2.09. The Labute approximate surface area is 179 Å². The zero-order chi connectivity index (χ0) is 25.9. The number of carbonyl (C=O) groups is 2. The molecule has 10 heteroatoms. The highest BCUT2D eigenvalue weighted by Gasteiger charge is 2.57. The molecule has 160 valence electrons. The molecule has 0 aromatic heterocycles. The quantitative estimate of drug-likeness (QED) is 0.686. The molecule has 1 aromatic carbocycles. The number of fused-ring (bicyclic) bond motifs is 6. The Morgan fingerprint density at radius 1 is 1.30 bits per heavy atom. The van der Waals surface area contributed by atoms with Crippen molar-refractivity contribution >= 4 is 17.5 Å². The monoisotopic (exact) mass is 422 g/mol. The molecular formula is C20H23N3O7. The van der Waals surface area contributed by atoms with Gasteiger partial charge in [0.2, 0.25) is 6.79 Å². The van der Waals surface area contributed by atoms with Crippen LogP contribution in [0.3, 0.4) is 0 Å². The molecule has 5 rings (SSSR count). The van der Waals surface area contributed by atoms with Crippen LogP contribution in [0.15, 0.2) is 18.2 Å². The third kappa shape index (κ3) is 2.60. The van der Waals surface area contributed by atoms with Gasteiger partial charge in [-0.15, -0.1) is 0 Å². The van der Waals surface area contributed by atoms with Crippen LogP contribution in [-0.2, 0) is 9.47 Å². The summed E-state index contributed by atoms with van der Waals surface area (Å²) < 4.78 is 66.9. The van der Waals surface area contributed by atoms with Crippen molar-refractivity contribution in [1.29, 1.82) is 0 Å². The molecule has 2 N–H and O–H groups in total. The highest BCUT2D eigenvalue weighted by Crippen LogP contribution is 2.48. The summed E-state index contributed by atoms with van der Waals surface area (Å²) in [4.78, 5) is 26.5. The largest absolute Gasteiger partial charge is 0.454 e. The lowest BCUT2D eigenvalue weighted by atomic mass is 9.79. The number of ether oxygens (including phenoxy) is 4. The molecule has 3 aliphatic heterocycles. The molecule has 4 aliphatic rings. The normalized spacial score (nSPS) is 42.8. The van der Waals surface area contributed by atoms with Crippen molar-refractivity contribution in [2.75, 3.05) is 20.9 Å². The fourth-order valence-corrected chi connectivity index (χ4v) is 3.74. The molecule has 4 atom stereocenters. The van der Waals surface area contributed by atoms with E-state index in [1.807, 2.05) is 0 Å². The molecule has 3 amide bonds. The van der Waals surface area contributed by atoms with Crippen LogP contribution in [0.2, 0.25) is 0 Å². The third-order valence-electron chi connectivity index (χ3n) is 5.04. The van der Waals surface area contributed by atoms with E-state index in [2.05, 4.69) is 5.32 Å². The maximum atomic E-state index is 13.9. The summed E-state index contributed by atoms with van der Waals surface area (Å²) in [5.41, 5.74) is -0.742. The molecule has 10 nitrogen and oxygen atoms in total. The van der Waals surface area contributed by atoms with Crippen LogP contribution < -0.4 is 14.8 Å².